The Labute approximate surface area is 92.4 Å². The van der Waals surface area contributed by atoms with Gasteiger partial charge in [-0.3, -0.25) is 14.5 Å². The summed E-state index contributed by atoms with van der Waals surface area (Å²) in [5, 5.41) is 6.40. The Hall–Kier alpha value is -2.04. The molecule has 0 spiro atoms. The van der Waals surface area contributed by atoms with E-state index in [1.54, 1.807) is 12.1 Å². The van der Waals surface area contributed by atoms with Gasteiger partial charge in [-0.05, 0) is 12.1 Å². The zero-order valence-corrected chi connectivity index (χ0v) is 8.83. The van der Waals surface area contributed by atoms with Crippen LogP contribution in [0.1, 0.15) is 20.7 Å². The maximum Gasteiger partial charge on any atom is 0.261 e. The number of rotatable bonds is 0. The van der Waals surface area contributed by atoms with Crippen LogP contribution in [0.25, 0.3) is 0 Å². The molecule has 0 saturated heterocycles. The molecule has 3 rings (SSSR count). The molecule has 5 heteroatoms. The second-order valence-electron chi connectivity index (χ2n) is 3.97. The number of anilines is 2. The fourth-order valence-electron chi connectivity index (χ4n) is 2.09. The van der Waals surface area contributed by atoms with Gasteiger partial charge in [-0.15, -0.1) is 0 Å². The summed E-state index contributed by atoms with van der Waals surface area (Å²) in [5.74, 6) is -0.453. The number of imide groups is 1. The van der Waals surface area contributed by atoms with Crippen LogP contribution in [0.5, 0.6) is 0 Å². The third-order valence-corrected chi connectivity index (χ3v) is 2.98. The summed E-state index contributed by atoms with van der Waals surface area (Å²) in [7, 11) is 1.50. The Balaban J connectivity index is 2.20. The Bertz CT molecular complexity index is 465. The molecule has 0 unspecified atom stereocenters. The van der Waals surface area contributed by atoms with Crippen LogP contribution in [0.3, 0.4) is 0 Å². The van der Waals surface area contributed by atoms with Gasteiger partial charge < -0.3 is 10.6 Å². The molecule has 0 saturated carbocycles. The van der Waals surface area contributed by atoms with E-state index in [1.165, 1.54) is 7.05 Å². The van der Waals surface area contributed by atoms with Crippen LogP contribution in [0.15, 0.2) is 12.1 Å². The van der Waals surface area contributed by atoms with Crippen molar-refractivity contribution in [2.24, 2.45) is 0 Å². The summed E-state index contributed by atoms with van der Waals surface area (Å²) in [5.41, 5.74) is 2.76. The summed E-state index contributed by atoms with van der Waals surface area (Å²) in [4.78, 5) is 24.6. The smallest absolute Gasteiger partial charge is 0.261 e. The monoisotopic (exact) mass is 217 g/mol. The lowest BCUT2D eigenvalue weighted by Crippen LogP contribution is -2.24. The van der Waals surface area contributed by atoms with E-state index in [9.17, 15) is 9.59 Å². The van der Waals surface area contributed by atoms with Crippen molar-refractivity contribution in [3.63, 3.8) is 0 Å². The minimum absolute atomic E-state index is 0.227. The molecule has 2 N–H and O–H groups in total. The predicted molar refractivity (Wildman–Crippen MR) is 59.8 cm³/mol. The summed E-state index contributed by atoms with van der Waals surface area (Å²) in [6.45, 7) is 1.65. The number of nitrogens with zero attached hydrogens (tertiary/aromatic N) is 1. The van der Waals surface area contributed by atoms with Gasteiger partial charge in [0.05, 0.1) is 22.5 Å². The minimum atomic E-state index is -0.227. The molecule has 0 bridgehead atoms. The summed E-state index contributed by atoms with van der Waals surface area (Å²) >= 11 is 0. The molecule has 82 valence electrons. The quantitative estimate of drug-likeness (QED) is 0.629. The molecule has 2 heterocycles. The standard InChI is InChI=1S/C11H11N3O2/c1-14-10(15)6-4-8-9(13-3-2-12-8)5-7(6)11(14)16/h4-5,12-13H,2-3H2,1H3. The van der Waals surface area contributed by atoms with E-state index in [0.29, 0.717) is 11.1 Å². The van der Waals surface area contributed by atoms with E-state index in [1.807, 2.05) is 0 Å². The van der Waals surface area contributed by atoms with Crippen LogP contribution in [-0.4, -0.2) is 36.9 Å². The van der Waals surface area contributed by atoms with Crippen molar-refractivity contribution in [2.75, 3.05) is 30.8 Å². The van der Waals surface area contributed by atoms with Crippen molar-refractivity contribution in [1.29, 1.82) is 0 Å². The minimum Gasteiger partial charge on any atom is -0.382 e. The molecule has 1 aromatic carbocycles. The van der Waals surface area contributed by atoms with Crippen LogP contribution in [0.2, 0.25) is 0 Å². The van der Waals surface area contributed by atoms with Gasteiger partial charge in [0, 0.05) is 20.1 Å². The fraction of sp³-hybridized carbons (Fsp3) is 0.273. The second-order valence-corrected chi connectivity index (χ2v) is 3.97. The van der Waals surface area contributed by atoms with E-state index in [-0.39, 0.29) is 11.8 Å². The third-order valence-electron chi connectivity index (χ3n) is 2.98. The molecule has 0 fully saturated rings. The van der Waals surface area contributed by atoms with Crippen LogP contribution in [0.4, 0.5) is 11.4 Å². The molecule has 0 aromatic heterocycles. The maximum absolute atomic E-state index is 11.7. The van der Waals surface area contributed by atoms with Gasteiger partial charge in [0.2, 0.25) is 0 Å². The van der Waals surface area contributed by atoms with Crippen molar-refractivity contribution in [1.82, 2.24) is 4.90 Å². The van der Waals surface area contributed by atoms with Crippen LogP contribution >= 0.6 is 0 Å². The number of nitrogens with one attached hydrogen (secondary N) is 2. The second kappa shape index (κ2) is 2.98. The molecule has 5 nitrogen and oxygen atoms in total. The largest absolute Gasteiger partial charge is 0.382 e. The molecule has 2 aliphatic rings. The van der Waals surface area contributed by atoms with Crippen molar-refractivity contribution >= 4 is 23.2 Å². The van der Waals surface area contributed by atoms with E-state index in [0.717, 1.165) is 29.4 Å². The van der Waals surface area contributed by atoms with Crippen molar-refractivity contribution < 1.29 is 9.59 Å². The first-order valence-corrected chi connectivity index (χ1v) is 5.16. The number of benzene rings is 1. The maximum atomic E-state index is 11.7. The molecule has 16 heavy (non-hydrogen) atoms. The fourth-order valence-corrected chi connectivity index (χ4v) is 2.09. The average molecular weight is 217 g/mol. The lowest BCUT2D eigenvalue weighted by molar-refractivity contribution is 0.0693. The molecule has 2 aliphatic heterocycles. The highest BCUT2D eigenvalue weighted by atomic mass is 16.2. The van der Waals surface area contributed by atoms with Gasteiger partial charge in [-0.25, -0.2) is 0 Å². The molecular formula is C11H11N3O2. The number of fused-ring (bicyclic) bond motifs is 2. The van der Waals surface area contributed by atoms with Crippen molar-refractivity contribution in [3.05, 3.63) is 23.3 Å². The first-order chi connectivity index (χ1) is 7.68. The predicted octanol–water partition coefficient (Wildman–Crippen LogP) is 0.750. The number of carbonyl (C=O) groups is 2. The van der Waals surface area contributed by atoms with Crippen LogP contribution in [-0.2, 0) is 0 Å². The molecular weight excluding hydrogens is 206 g/mol. The Morgan fingerprint density at radius 2 is 1.44 bits per heavy atom. The van der Waals surface area contributed by atoms with Gasteiger partial charge in [-0.1, -0.05) is 0 Å². The van der Waals surface area contributed by atoms with Gasteiger partial charge in [0.1, 0.15) is 0 Å². The molecule has 2 amide bonds. The summed E-state index contributed by atoms with van der Waals surface area (Å²) < 4.78 is 0. The van der Waals surface area contributed by atoms with Gasteiger partial charge >= 0.3 is 0 Å². The number of hydrogen-bond acceptors (Lipinski definition) is 4. The van der Waals surface area contributed by atoms with E-state index in [4.69, 9.17) is 0 Å². The van der Waals surface area contributed by atoms with E-state index >= 15 is 0 Å². The lowest BCUT2D eigenvalue weighted by atomic mass is 10.1. The number of amides is 2. The van der Waals surface area contributed by atoms with E-state index < -0.39 is 0 Å². The highest BCUT2D eigenvalue weighted by molar-refractivity contribution is 6.22. The first kappa shape index (κ1) is 9.21. The normalized spacial score (nSPS) is 17.7. The Morgan fingerprint density at radius 1 is 1.00 bits per heavy atom. The van der Waals surface area contributed by atoms with Crippen molar-refractivity contribution in [2.45, 2.75) is 0 Å². The zero-order valence-electron chi connectivity index (χ0n) is 8.83. The average Bonchev–Trinajstić information content (AvgIpc) is 2.52. The van der Waals surface area contributed by atoms with Gasteiger partial charge in [0.25, 0.3) is 11.8 Å². The molecule has 0 radical (unpaired) electrons. The van der Waals surface area contributed by atoms with Gasteiger partial charge in [0.15, 0.2) is 0 Å². The van der Waals surface area contributed by atoms with E-state index in [2.05, 4.69) is 10.6 Å². The third kappa shape index (κ3) is 1.05. The Kier molecular flexibility index (Phi) is 1.71. The lowest BCUT2D eigenvalue weighted by Gasteiger charge is -2.20. The Morgan fingerprint density at radius 3 is 1.88 bits per heavy atom. The SMILES string of the molecule is CN1C(=O)c2cc3c(cc2C1=O)NCCN3. The zero-order chi connectivity index (χ0) is 11.3. The topological polar surface area (TPSA) is 61.4 Å². The summed E-state index contributed by atoms with van der Waals surface area (Å²) in [6.07, 6.45) is 0. The van der Waals surface area contributed by atoms with Crippen LogP contribution < -0.4 is 10.6 Å². The number of carbonyl (C=O) groups excluding carboxylic acids is 2. The molecule has 0 atom stereocenters. The van der Waals surface area contributed by atoms with Crippen LogP contribution in [0, 0.1) is 0 Å². The number of hydrogen-bond donors (Lipinski definition) is 2. The molecule has 1 aromatic rings. The first-order valence-electron chi connectivity index (χ1n) is 5.16. The van der Waals surface area contributed by atoms with Crippen molar-refractivity contribution in [3.8, 4) is 0 Å². The summed E-state index contributed by atoms with van der Waals surface area (Å²) in [6, 6.07) is 3.50. The highest BCUT2D eigenvalue weighted by Crippen LogP contribution is 2.32. The highest BCUT2D eigenvalue weighted by Gasteiger charge is 2.34. The van der Waals surface area contributed by atoms with Gasteiger partial charge in [-0.2, -0.15) is 0 Å². The molecule has 0 aliphatic carbocycles.